The maximum absolute atomic E-state index is 11.6. The van der Waals surface area contributed by atoms with E-state index in [1.165, 1.54) is 19.3 Å². The van der Waals surface area contributed by atoms with Gasteiger partial charge in [-0.05, 0) is 57.8 Å². The zero-order valence-electron chi connectivity index (χ0n) is 17.7. The quantitative estimate of drug-likeness (QED) is 0.227. The van der Waals surface area contributed by atoms with E-state index in [2.05, 4.69) is 19.2 Å². The molecule has 0 aromatic rings. The second-order valence-electron chi connectivity index (χ2n) is 9.62. The van der Waals surface area contributed by atoms with E-state index >= 15 is 0 Å². The Labute approximate surface area is 174 Å². The van der Waals surface area contributed by atoms with E-state index < -0.39 is 26.7 Å². The number of rotatable bonds is 9. The van der Waals surface area contributed by atoms with Crippen molar-refractivity contribution >= 4 is 15.2 Å². The van der Waals surface area contributed by atoms with Crippen molar-refractivity contribution in [2.24, 2.45) is 5.92 Å². The highest BCUT2D eigenvalue weighted by atomic mass is 31.2. The molecule has 0 aromatic carbocycles. The first-order valence-electron chi connectivity index (χ1n) is 10.9. The third kappa shape index (κ3) is 6.14. The van der Waals surface area contributed by atoms with Crippen LogP contribution in [0.2, 0.25) is 0 Å². The van der Waals surface area contributed by atoms with Crippen molar-refractivity contribution in [1.82, 2.24) is 5.32 Å². The lowest BCUT2D eigenvalue weighted by atomic mass is 9.80. The largest absolute Gasteiger partial charge is 0.369 e. The van der Waals surface area contributed by atoms with Crippen LogP contribution in [0, 0.1) is 5.92 Å². The summed E-state index contributed by atoms with van der Waals surface area (Å²) in [5.74, 6) is 0.0763. The van der Waals surface area contributed by atoms with Crippen molar-refractivity contribution in [1.29, 1.82) is 0 Å². The van der Waals surface area contributed by atoms with Crippen LogP contribution >= 0.6 is 15.2 Å². The van der Waals surface area contributed by atoms with Crippen LogP contribution < -0.4 is 5.32 Å². The predicted octanol–water partition coefficient (Wildman–Crippen LogP) is 3.81. The number of nitrogens with one attached hydrogen (secondary N) is 1. The van der Waals surface area contributed by atoms with Crippen LogP contribution in [0.3, 0.4) is 0 Å². The molecule has 2 aliphatic rings. The summed E-state index contributed by atoms with van der Waals surface area (Å²) in [6, 6.07) is 0. The van der Waals surface area contributed by atoms with E-state index in [4.69, 9.17) is 0 Å². The summed E-state index contributed by atoms with van der Waals surface area (Å²) >= 11 is 0. The molecule has 3 unspecified atom stereocenters. The first-order valence-corrected chi connectivity index (χ1v) is 14.1. The summed E-state index contributed by atoms with van der Waals surface area (Å²) in [5, 5.41) is 10.8. The molecule has 0 aromatic heterocycles. The highest BCUT2D eigenvalue weighted by Crippen LogP contribution is 2.69. The van der Waals surface area contributed by atoms with Gasteiger partial charge in [-0.1, -0.05) is 39.0 Å². The lowest BCUT2D eigenvalue weighted by Crippen LogP contribution is -2.48. The van der Waals surface area contributed by atoms with Crippen molar-refractivity contribution in [3.8, 4) is 0 Å². The maximum Gasteiger partial charge on any atom is 0.369 e. The molecule has 10 heteroatoms. The SMILES string of the molecule is CCCCCC12CCC(CCC(O)(P(=O)(O)O)P(=O)(O)O)CCCC(C)(CC1)N2. The topological polar surface area (TPSA) is 147 Å². The zero-order chi connectivity index (χ0) is 22.0. The fourth-order valence-electron chi connectivity index (χ4n) is 5.23. The minimum atomic E-state index is -5.38. The van der Waals surface area contributed by atoms with Crippen LogP contribution in [0.4, 0.5) is 0 Å². The molecule has 2 rings (SSSR count). The summed E-state index contributed by atoms with van der Waals surface area (Å²) in [5.41, 5.74) is 0.189. The molecule has 0 radical (unpaired) electrons. The molecule has 2 bridgehead atoms. The van der Waals surface area contributed by atoms with E-state index in [1.54, 1.807) is 0 Å². The normalized spacial score (nSPS) is 31.9. The third-order valence-electron chi connectivity index (χ3n) is 7.17. The number of hydrogen-bond acceptors (Lipinski definition) is 4. The van der Waals surface area contributed by atoms with Crippen LogP contribution in [0.25, 0.3) is 0 Å². The van der Waals surface area contributed by atoms with Gasteiger partial charge >= 0.3 is 15.2 Å². The van der Waals surface area contributed by atoms with Crippen molar-refractivity contribution < 1.29 is 33.8 Å². The first-order chi connectivity index (χ1) is 13.3. The number of unbranched alkanes of at least 4 members (excludes halogenated alkanes) is 2. The minimum Gasteiger partial charge on any atom is -0.368 e. The van der Waals surface area contributed by atoms with Crippen LogP contribution in [-0.2, 0) is 9.13 Å². The molecule has 0 amide bonds. The van der Waals surface area contributed by atoms with Crippen molar-refractivity contribution in [3.05, 3.63) is 0 Å². The summed E-state index contributed by atoms with van der Waals surface area (Å²) in [6.45, 7) is 4.46. The van der Waals surface area contributed by atoms with Gasteiger partial charge in [-0.3, -0.25) is 9.13 Å². The standard InChI is InChI=1S/C19H39NO7P2/c1-3-4-5-11-18-12-8-16(7-6-10-17(2,20-18)14-15-18)9-13-19(21,28(22,23)24)29(25,26)27/h16,20-21H,3-15H2,1-2H3,(H2,22,23,24)(H2,25,26,27). The van der Waals surface area contributed by atoms with Gasteiger partial charge in [-0.15, -0.1) is 0 Å². The van der Waals surface area contributed by atoms with Gasteiger partial charge in [0.05, 0.1) is 0 Å². The summed E-state index contributed by atoms with van der Waals surface area (Å²) in [4.78, 5) is 37.6. The smallest absolute Gasteiger partial charge is 0.368 e. The maximum atomic E-state index is 11.6. The molecular formula is C19H39NO7P2. The molecule has 2 saturated heterocycles. The van der Waals surface area contributed by atoms with Crippen molar-refractivity contribution in [2.45, 2.75) is 113 Å². The molecule has 29 heavy (non-hydrogen) atoms. The molecule has 2 fully saturated rings. The fraction of sp³-hybridized carbons (Fsp3) is 1.00. The van der Waals surface area contributed by atoms with E-state index in [-0.39, 0.29) is 23.4 Å². The molecule has 2 heterocycles. The van der Waals surface area contributed by atoms with Gasteiger partial charge in [0.15, 0.2) is 0 Å². The van der Waals surface area contributed by atoms with Crippen LogP contribution in [-0.4, -0.2) is 40.8 Å². The van der Waals surface area contributed by atoms with Gasteiger partial charge in [0.1, 0.15) is 0 Å². The van der Waals surface area contributed by atoms with Crippen molar-refractivity contribution in [2.75, 3.05) is 0 Å². The minimum absolute atomic E-state index is 0.0763. The monoisotopic (exact) mass is 455 g/mol. The zero-order valence-corrected chi connectivity index (χ0v) is 19.5. The Morgan fingerprint density at radius 1 is 1.00 bits per heavy atom. The highest BCUT2D eigenvalue weighted by Gasteiger charge is 2.59. The van der Waals surface area contributed by atoms with Gasteiger partial charge in [0, 0.05) is 17.5 Å². The summed E-state index contributed by atoms with van der Waals surface area (Å²) < 4.78 is 23.3. The van der Waals surface area contributed by atoms with Crippen LogP contribution in [0.15, 0.2) is 0 Å². The second-order valence-corrected chi connectivity index (χ2v) is 13.6. The Morgan fingerprint density at radius 3 is 2.24 bits per heavy atom. The van der Waals surface area contributed by atoms with Gasteiger partial charge < -0.3 is 30.0 Å². The molecule has 0 saturated carbocycles. The number of aliphatic hydroxyl groups is 1. The summed E-state index contributed by atoms with van der Waals surface area (Å²) in [6.07, 6.45) is 11.1. The molecule has 6 N–H and O–H groups in total. The molecular weight excluding hydrogens is 416 g/mol. The Bertz CT molecular complexity index is 626. The number of fused-ring (bicyclic) bond motifs is 2. The second kappa shape index (κ2) is 9.38. The Hall–Kier alpha value is 0.220. The average Bonchev–Trinajstić information content (AvgIpc) is 2.94. The summed E-state index contributed by atoms with van der Waals surface area (Å²) in [7, 11) is -10.8. The predicted molar refractivity (Wildman–Crippen MR) is 112 cm³/mol. The molecule has 3 atom stereocenters. The Balaban J connectivity index is 2.09. The van der Waals surface area contributed by atoms with E-state index in [0.29, 0.717) is 0 Å². The number of hydrogen-bond donors (Lipinski definition) is 6. The third-order valence-corrected chi connectivity index (χ3v) is 11.1. The molecule has 172 valence electrons. The highest BCUT2D eigenvalue weighted by molar-refractivity contribution is 7.72. The van der Waals surface area contributed by atoms with Crippen LogP contribution in [0.1, 0.15) is 97.3 Å². The van der Waals surface area contributed by atoms with Gasteiger partial charge in [0.25, 0.3) is 5.08 Å². The molecule has 0 aliphatic carbocycles. The fourth-order valence-corrected chi connectivity index (χ4v) is 7.43. The average molecular weight is 455 g/mol. The Morgan fingerprint density at radius 2 is 1.66 bits per heavy atom. The molecule has 8 nitrogen and oxygen atoms in total. The van der Waals surface area contributed by atoms with Gasteiger partial charge in [-0.25, -0.2) is 0 Å². The van der Waals surface area contributed by atoms with Crippen molar-refractivity contribution in [3.63, 3.8) is 0 Å². The van der Waals surface area contributed by atoms with Gasteiger partial charge in [0.2, 0.25) is 0 Å². The van der Waals surface area contributed by atoms with E-state index in [9.17, 15) is 33.8 Å². The first kappa shape index (κ1) is 25.5. The Kier molecular flexibility index (Phi) is 8.24. The van der Waals surface area contributed by atoms with Crippen LogP contribution in [0.5, 0.6) is 0 Å². The van der Waals surface area contributed by atoms with Gasteiger partial charge in [-0.2, -0.15) is 0 Å². The molecule has 0 spiro atoms. The molecule has 2 aliphatic heterocycles. The lowest BCUT2D eigenvalue weighted by molar-refractivity contribution is 0.114. The van der Waals surface area contributed by atoms with E-state index in [1.807, 2.05) is 0 Å². The lowest BCUT2D eigenvalue weighted by Gasteiger charge is -2.35. The van der Waals surface area contributed by atoms with E-state index in [0.717, 1.165) is 51.4 Å².